The molecule has 0 bridgehead atoms. The summed E-state index contributed by atoms with van der Waals surface area (Å²) in [6.45, 7) is 9.36. The number of quaternary nitrogens is 1. The summed E-state index contributed by atoms with van der Waals surface area (Å²) in [7, 11) is 0. The first-order valence-electron chi connectivity index (χ1n) is 7.98. The van der Waals surface area contributed by atoms with Crippen LogP contribution >= 0.6 is 0 Å². The van der Waals surface area contributed by atoms with Gasteiger partial charge >= 0.3 is 0 Å². The molecule has 1 aromatic carbocycles. The molecule has 2 heterocycles. The first-order chi connectivity index (χ1) is 9.36. The van der Waals surface area contributed by atoms with Gasteiger partial charge in [0.15, 0.2) is 0 Å². The van der Waals surface area contributed by atoms with Crippen LogP contribution in [0.1, 0.15) is 31.2 Å². The molecule has 1 aromatic rings. The molecule has 0 aromatic heterocycles. The van der Waals surface area contributed by atoms with Crippen molar-refractivity contribution in [3.05, 3.63) is 35.9 Å². The molecule has 2 fully saturated rings. The Balaban J connectivity index is 1.54. The smallest absolute Gasteiger partial charge is 0.0916 e. The zero-order valence-corrected chi connectivity index (χ0v) is 12.1. The second kappa shape index (κ2) is 6.06. The SMILES string of the molecule is c1ccc(CN2CC[N+]3(CCCCCC3)CC2)cc1. The van der Waals surface area contributed by atoms with Crippen molar-refractivity contribution >= 4 is 0 Å². The van der Waals surface area contributed by atoms with Crippen LogP contribution in [-0.2, 0) is 6.54 Å². The van der Waals surface area contributed by atoms with Crippen molar-refractivity contribution in [3.8, 4) is 0 Å². The first kappa shape index (κ1) is 13.1. The fraction of sp³-hybridized carbons (Fsp3) is 0.647. The van der Waals surface area contributed by atoms with E-state index in [1.165, 1.54) is 75.0 Å². The molecule has 0 N–H and O–H groups in total. The third-order valence-corrected chi connectivity index (χ3v) is 5.05. The highest BCUT2D eigenvalue weighted by atomic mass is 15.4. The van der Waals surface area contributed by atoms with E-state index in [1.807, 2.05) is 0 Å². The summed E-state index contributed by atoms with van der Waals surface area (Å²) in [6, 6.07) is 10.9. The van der Waals surface area contributed by atoms with Crippen molar-refractivity contribution in [2.45, 2.75) is 32.2 Å². The number of piperazine rings is 1. The third-order valence-electron chi connectivity index (χ3n) is 5.05. The Labute approximate surface area is 117 Å². The molecule has 2 heteroatoms. The quantitative estimate of drug-likeness (QED) is 0.738. The van der Waals surface area contributed by atoms with Crippen LogP contribution < -0.4 is 0 Å². The Morgan fingerprint density at radius 2 is 1.42 bits per heavy atom. The molecule has 0 amide bonds. The molecular weight excluding hydrogens is 232 g/mol. The van der Waals surface area contributed by atoms with Gasteiger partial charge in [-0.3, -0.25) is 4.90 Å². The van der Waals surface area contributed by atoms with Crippen LogP contribution in [0.25, 0.3) is 0 Å². The van der Waals surface area contributed by atoms with Gasteiger partial charge in [0.2, 0.25) is 0 Å². The van der Waals surface area contributed by atoms with E-state index in [-0.39, 0.29) is 0 Å². The number of benzene rings is 1. The Bertz CT molecular complexity index is 370. The lowest BCUT2D eigenvalue weighted by Gasteiger charge is -2.44. The van der Waals surface area contributed by atoms with E-state index in [0.29, 0.717) is 0 Å². The molecule has 19 heavy (non-hydrogen) atoms. The predicted molar refractivity (Wildman–Crippen MR) is 79.9 cm³/mol. The third kappa shape index (κ3) is 3.37. The standard InChI is InChI=1S/C17H27N2/c1-2-7-13-19(12-6-1)14-10-18(11-15-19)16-17-8-4-3-5-9-17/h3-5,8-9H,1-2,6-7,10-16H2/q+1. The van der Waals surface area contributed by atoms with E-state index < -0.39 is 0 Å². The number of hydrogen-bond donors (Lipinski definition) is 0. The Kier molecular flexibility index (Phi) is 4.19. The molecule has 0 unspecified atom stereocenters. The zero-order valence-electron chi connectivity index (χ0n) is 12.1. The Morgan fingerprint density at radius 1 is 0.789 bits per heavy atom. The van der Waals surface area contributed by atoms with Crippen LogP contribution in [0.5, 0.6) is 0 Å². The van der Waals surface area contributed by atoms with E-state index in [2.05, 4.69) is 35.2 Å². The summed E-state index contributed by atoms with van der Waals surface area (Å²) in [4.78, 5) is 2.64. The average molecular weight is 259 g/mol. The second-order valence-corrected chi connectivity index (χ2v) is 6.41. The summed E-state index contributed by atoms with van der Waals surface area (Å²) in [5.74, 6) is 0. The molecule has 0 saturated carbocycles. The van der Waals surface area contributed by atoms with Crippen molar-refractivity contribution in [2.24, 2.45) is 0 Å². The minimum Gasteiger partial charge on any atom is -0.321 e. The lowest BCUT2D eigenvalue weighted by molar-refractivity contribution is -0.931. The summed E-state index contributed by atoms with van der Waals surface area (Å²) >= 11 is 0. The zero-order chi connectivity index (χ0) is 13.0. The lowest BCUT2D eigenvalue weighted by atomic mass is 10.1. The molecule has 2 aliphatic heterocycles. The number of hydrogen-bond acceptors (Lipinski definition) is 1. The fourth-order valence-corrected chi connectivity index (χ4v) is 3.74. The lowest BCUT2D eigenvalue weighted by Crippen LogP contribution is -2.59. The van der Waals surface area contributed by atoms with Gasteiger partial charge in [-0.05, 0) is 31.2 Å². The van der Waals surface area contributed by atoms with E-state index in [9.17, 15) is 0 Å². The van der Waals surface area contributed by atoms with Gasteiger partial charge in [0.1, 0.15) is 0 Å². The van der Waals surface area contributed by atoms with Crippen molar-refractivity contribution < 1.29 is 4.48 Å². The van der Waals surface area contributed by atoms with Crippen LogP contribution in [-0.4, -0.2) is 48.7 Å². The molecule has 3 rings (SSSR count). The number of rotatable bonds is 2. The van der Waals surface area contributed by atoms with Crippen LogP contribution in [0.2, 0.25) is 0 Å². The normalized spacial score (nSPS) is 24.2. The van der Waals surface area contributed by atoms with E-state index in [0.717, 1.165) is 6.54 Å². The topological polar surface area (TPSA) is 3.24 Å². The highest BCUT2D eigenvalue weighted by Gasteiger charge is 2.32. The first-order valence-corrected chi connectivity index (χ1v) is 7.98. The maximum Gasteiger partial charge on any atom is 0.0916 e. The average Bonchev–Trinajstić information content (AvgIpc) is 2.69. The second-order valence-electron chi connectivity index (χ2n) is 6.41. The predicted octanol–water partition coefficient (Wildman–Crippen LogP) is 2.89. The summed E-state index contributed by atoms with van der Waals surface area (Å²) in [5, 5.41) is 0. The molecule has 0 radical (unpaired) electrons. The molecule has 0 atom stereocenters. The molecule has 104 valence electrons. The minimum atomic E-state index is 1.14. The van der Waals surface area contributed by atoms with Gasteiger partial charge in [0, 0.05) is 19.6 Å². The van der Waals surface area contributed by atoms with Crippen molar-refractivity contribution in [1.82, 2.24) is 4.90 Å². The van der Waals surface area contributed by atoms with Gasteiger partial charge < -0.3 is 4.48 Å². The molecule has 0 aliphatic carbocycles. The molecule has 1 spiro atoms. The van der Waals surface area contributed by atoms with Crippen LogP contribution in [0.15, 0.2) is 30.3 Å². The fourth-order valence-electron chi connectivity index (χ4n) is 3.74. The molecule has 2 aliphatic rings. The van der Waals surface area contributed by atoms with Crippen molar-refractivity contribution in [3.63, 3.8) is 0 Å². The monoisotopic (exact) mass is 259 g/mol. The van der Waals surface area contributed by atoms with Gasteiger partial charge in [0.05, 0.1) is 26.2 Å². The molecule has 2 saturated heterocycles. The number of nitrogens with zero attached hydrogens (tertiary/aromatic N) is 2. The Morgan fingerprint density at radius 3 is 2.05 bits per heavy atom. The van der Waals surface area contributed by atoms with Gasteiger partial charge in [-0.1, -0.05) is 30.3 Å². The highest BCUT2D eigenvalue weighted by Crippen LogP contribution is 2.21. The molecule has 2 nitrogen and oxygen atoms in total. The van der Waals surface area contributed by atoms with Gasteiger partial charge in [-0.2, -0.15) is 0 Å². The van der Waals surface area contributed by atoms with E-state index >= 15 is 0 Å². The molecular formula is C17H27N2+. The van der Waals surface area contributed by atoms with Crippen LogP contribution in [0, 0.1) is 0 Å². The largest absolute Gasteiger partial charge is 0.321 e. The van der Waals surface area contributed by atoms with Gasteiger partial charge in [-0.15, -0.1) is 0 Å². The maximum absolute atomic E-state index is 2.64. The van der Waals surface area contributed by atoms with E-state index in [1.54, 1.807) is 0 Å². The van der Waals surface area contributed by atoms with Crippen LogP contribution in [0.4, 0.5) is 0 Å². The van der Waals surface area contributed by atoms with Gasteiger partial charge in [-0.25, -0.2) is 0 Å². The highest BCUT2D eigenvalue weighted by molar-refractivity contribution is 5.14. The summed E-state index contributed by atoms with van der Waals surface area (Å²) < 4.78 is 1.42. The minimum absolute atomic E-state index is 1.14. The van der Waals surface area contributed by atoms with Crippen LogP contribution in [0.3, 0.4) is 0 Å². The van der Waals surface area contributed by atoms with E-state index in [4.69, 9.17) is 0 Å². The summed E-state index contributed by atoms with van der Waals surface area (Å²) in [6.07, 6.45) is 5.85. The maximum atomic E-state index is 2.64. The van der Waals surface area contributed by atoms with Gasteiger partial charge in [0.25, 0.3) is 0 Å². The Hall–Kier alpha value is -0.860. The van der Waals surface area contributed by atoms with Crippen molar-refractivity contribution in [2.75, 3.05) is 39.3 Å². The summed E-state index contributed by atoms with van der Waals surface area (Å²) in [5.41, 5.74) is 1.46. The van der Waals surface area contributed by atoms with Crippen molar-refractivity contribution in [1.29, 1.82) is 0 Å².